The number of rotatable bonds is 6. The van der Waals surface area contributed by atoms with Gasteiger partial charge in [0.05, 0.1) is 16.3 Å². The average Bonchev–Trinajstić information content (AvgIpc) is 2.43. The van der Waals surface area contributed by atoms with Crippen LogP contribution in [-0.2, 0) is 9.84 Å². The van der Waals surface area contributed by atoms with Gasteiger partial charge in [-0.2, -0.15) is 10.2 Å². The van der Waals surface area contributed by atoms with Gasteiger partial charge in [0.2, 0.25) is 0 Å². The van der Waals surface area contributed by atoms with Crippen molar-refractivity contribution in [2.45, 2.75) is 18.7 Å². The van der Waals surface area contributed by atoms with Gasteiger partial charge in [0.15, 0.2) is 9.84 Å². The molecule has 1 aromatic rings. The van der Waals surface area contributed by atoms with Crippen molar-refractivity contribution >= 4 is 15.5 Å². The van der Waals surface area contributed by atoms with E-state index in [4.69, 9.17) is 0 Å². The zero-order valence-electron chi connectivity index (χ0n) is 14.2. The first-order chi connectivity index (χ1) is 10.7. The third-order valence-electron chi connectivity index (χ3n) is 2.83. The number of benzene rings is 1. The minimum Gasteiger partial charge on any atom is -0.383 e. The third-order valence-corrected chi connectivity index (χ3v) is 4.08. The van der Waals surface area contributed by atoms with Crippen molar-refractivity contribution in [3.8, 4) is 0 Å². The molecule has 124 valence electrons. The Morgan fingerprint density at radius 2 is 1.96 bits per heavy atom. The molecule has 0 saturated heterocycles. The normalized spacial score (nSPS) is 13.5. The molecule has 6 heteroatoms. The molecule has 0 atom stereocenters. The number of azo groups is 1. The summed E-state index contributed by atoms with van der Waals surface area (Å²) in [6.45, 7) is 3.65. The van der Waals surface area contributed by atoms with Gasteiger partial charge in [0.1, 0.15) is 0 Å². The molecule has 0 N–H and O–H groups in total. The fourth-order valence-electron chi connectivity index (χ4n) is 1.83. The molecule has 0 aliphatic carbocycles. The van der Waals surface area contributed by atoms with Crippen LogP contribution in [0.1, 0.15) is 12.5 Å². The van der Waals surface area contributed by atoms with E-state index in [0.29, 0.717) is 21.8 Å². The summed E-state index contributed by atoms with van der Waals surface area (Å²) in [4.78, 5) is 2.24. The van der Waals surface area contributed by atoms with Crippen LogP contribution in [0.4, 0.5) is 5.69 Å². The molecule has 1 aromatic carbocycles. The maximum absolute atomic E-state index is 11.6. The largest absolute Gasteiger partial charge is 0.383 e. The summed E-state index contributed by atoms with van der Waals surface area (Å²) in [6.07, 6.45) is 10.6. The van der Waals surface area contributed by atoms with Crippen molar-refractivity contribution in [3.05, 3.63) is 60.0 Å². The predicted molar refractivity (Wildman–Crippen MR) is 94.5 cm³/mol. The number of sulfone groups is 1. The summed E-state index contributed by atoms with van der Waals surface area (Å²) in [6, 6.07) is 4.92. The second-order valence-corrected chi connectivity index (χ2v) is 7.30. The Bertz CT molecular complexity index is 758. The summed E-state index contributed by atoms with van der Waals surface area (Å²) in [5.74, 6) is 0. The Morgan fingerprint density at radius 1 is 1.26 bits per heavy atom. The third kappa shape index (κ3) is 6.61. The summed E-state index contributed by atoms with van der Waals surface area (Å²) < 4.78 is 23.2. The zero-order chi connectivity index (χ0) is 17.5. The molecule has 0 heterocycles. The fraction of sp³-hybridized carbons (Fsp3) is 0.294. The number of hydrogen-bond acceptors (Lipinski definition) is 5. The van der Waals surface area contributed by atoms with Crippen LogP contribution < -0.4 is 0 Å². The lowest BCUT2D eigenvalue weighted by Gasteiger charge is -2.03. The molecule has 0 fully saturated rings. The molecule has 0 aliphatic rings. The molecule has 0 aliphatic heterocycles. The molecule has 0 radical (unpaired) electrons. The van der Waals surface area contributed by atoms with Gasteiger partial charge in [0.25, 0.3) is 0 Å². The second-order valence-electron chi connectivity index (χ2n) is 5.32. The first kappa shape index (κ1) is 18.8. The zero-order valence-corrected chi connectivity index (χ0v) is 15.0. The van der Waals surface area contributed by atoms with E-state index < -0.39 is 9.84 Å². The summed E-state index contributed by atoms with van der Waals surface area (Å²) in [5, 5.41) is 8.36. The van der Waals surface area contributed by atoms with Gasteiger partial charge in [0, 0.05) is 20.4 Å². The molecular formula is C17H23N3O2S. The topological polar surface area (TPSA) is 62.1 Å². The Morgan fingerprint density at radius 3 is 2.48 bits per heavy atom. The molecule has 0 spiro atoms. The van der Waals surface area contributed by atoms with Crippen LogP contribution in [0.25, 0.3) is 0 Å². The summed E-state index contributed by atoms with van der Waals surface area (Å²) in [7, 11) is 0.657. The van der Waals surface area contributed by atoms with Gasteiger partial charge in [-0.15, -0.1) is 0 Å². The Kier molecular flexibility index (Phi) is 6.90. The molecule has 0 bridgehead atoms. The lowest BCUT2D eigenvalue weighted by Crippen LogP contribution is -1.99. The van der Waals surface area contributed by atoms with Gasteiger partial charge in [-0.3, -0.25) is 0 Å². The highest BCUT2D eigenvalue weighted by Gasteiger charge is 2.10. The van der Waals surface area contributed by atoms with E-state index in [0.717, 1.165) is 0 Å². The van der Waals surface area contributed by atoms with Gasteiger partial charge in [-0.1, -0.05) is 6.08 Å². The van der Waals surface area contributed by atoms with Gasteiger partial charge >= 0.3 is 0 Å². The monoisotopic (exact) mass is 333 g/mol. The lowest BCUT2D eigenvalue weighted by molar-refractivity contribution is 0.564. The Balaban J connectivity index is 3.04. The number of hydrogen-bond donors (Lipinski definition) is 0. The Labute approximate surface area is 138 Å². The molecule has 23 heavy (non-hydrogen) atoms. The maximum atomic E-state index is 11.6. The van der Waals surface area contributed by atoms with Gasteiger partial charge in [-0.05, 0) is 62.0 Å². The molecule has 0 unspecified atom stereocenters. The predicted octanol–water partition coefficient (Wildman–Crippen LogP) is 4.02. The van der Waals surface area contributed by atoms with Crippen LogP contribution in [0.3, 0.4) is 0 Å². The smallest absolute Gasteiger partial charge is 0.175 e. The highest BCUT2D eigenvalue weighted by Crippen LogP contribution is 2.22. The number of nitrogens with zero attached hydrogens (tertiary/aromatic N) is 3. The van der Waals surface area contributed by atoms with E-state index in [1.807, 2.05) is 56.4 Å². The first-order valence-corrected chi connectivity index (χ1v) is 9.03. The van der Waals surface area contributed by atoms with Crippen LogP contribution >= 0.6 is 0 Å². The quantitative estimate of drug-likeness (QED) is 0.583. The number of allylic oxidation sites excluding steroid dienone is 4. The highest BCUT2D eigenvalue weighted by atomic mass is 32.2. The van der Waals surface area contributed by atoms with Crippen LogP contribution in [0.15, 0.2) is 69.5 Å². The van der Waals surface area contributed by atoms with Crippen molar-refractivity contribution in [2.75, 3.05) is 20.4 Å². The maximum Gasteiger partial charge on any atom is 0.175 e. The summed E-state index contributed by atoms with van der Waals surface area (Å²) >= 11 is 0. The van der Waals surface area contributed by atoms with E-state index in [1.165, 1.54) is 6.26 Å². The van der Waals surface area contributed by atoms with Crippen molar-refractivity contribution in [3.63, 3.8) is 0 Å². The van der Waals surface area contributed by atoms with E-state index in [2.05, 4.69) is 10.2 Å². The summed E-state index contributed by atoms with van der Waals surface area (Å²) in [5.41, 5.74) is 1.98. The Hall–Kier alpha value is -2.21. The number of aryl methyl sites for hydroxylation is 1. The van der Waals surface area contributed by atoms with Crippen molar-refractivity contribution < 1.29 is 8.42 Å². The molecular weight excluding hydrogens is 310 g/mol. The van der Waals surface area contributed by atoms with Crippen LogP contribution in [-0.4, -0.2) is 33.7 Å². The van der Waals surface area contributed by atoms with E-state index in [-0.39, 0.29) is 0 Å². The second kappa shape index (κ2) is 8.43. The lowest BCUT2D eigenvalue weighted by atomic mass is 10.2. The molecule has 0 amide bonds. The molecule has 1 rings (SSSR count). The molecule has 0 saturated carbocycles. The minimum atomic E-state index is -3.22. The molecule has 0 aromatic heterocycles. The van der Waals surface area contributed by atoms with Gasteiger partial charge in [-0.25, -0.2) is 8.42 Å². The standard InChI is InChI=1S/C17H23N3O2S/c1-6-8-15(9-7-12-20(3)4)18-19-16-10-11-17(14(2)13-16)23(5,21)22/h6-13H,1-5H3/b8-6-,12-7+,15-9+,19-18?. The van der Waals surface area contributed by atoms with Gasteiger partial charge < -0.3 is 4.90 Å². The highest BCUT2D eigenvalue weighted by molar-refractivity contribution is 7.90. The van der Waals surface area contributed by atoms with Crippen LogP contribution in [0, 0.1) is 6.92 Å². The average molecular weight is 333 g/mol. The first-order valence-electron chi connectivity index (χ1n) is 7.14. The minimum absolute atomic E-state index is 0.314. The van der Waals surface area contributed by atoms with Crippen molar-refractivity contribution in [1.29, 1.82) is 0 Å². The fourth-order valence-corrected chi connectivity index (χ4v) is 2.79. The SMILES string of the molecule is C\C=C/C(=C\C=C\N(C)C)N=Nc1ccc(S(C)(=O)=O)c(C)c1. The van der Waals surface area contributed by atoms with Crippen LogP contribution in [0.5, 0.6) is 0 Å². The molecule has 5 nitrogen and oxygen atoms in total. The van der Waals surface area contributed by atoms with E-state index >= 15 is 0 Å². The van der Waals surface area contributed by atoms with Crippen molar-refractivity contribution in [2.24, 2.45) is 10.2 Å². The van der Waals surface area contributed by atoms with Crippen LogP contribution in [0.2, 0.25) is 0 Å². The van der Waals surface area contributed by atoms with E-state index in [1.54, 1.807) is 25.1 Å². The van der Waals surface area contributed by atoms with Crippen molar-refractivity contribution in [1.82, 2.24) is 4.90 Å². The van der Waals surface area contributed by atoms with E-state index in [9.17, 15) is 8.42 Å².